The number of nitrogens with zero attached hydrogens (tertiary/aromatic N) is 2. The minimum Gasteiger partial charge on any atom is -0.464 e. The van der Waals surface area contributed by atoms with Crippen LogP contribution in [0.2, 0.25) is 0 Å². The first-order valence-electron chi connectivity index (χ1n) is 8.12. The Bertz CT molecular complexity index is 733. The second-order valence-electron chi connectivity index (χ2n) is 5.56. The van der Waals surface area contributed by atoms with Gasteiger partial charge in [-0.2, -0.15) is 0 Å². The number of methoxy groups -OCH3 is 1. The van der Waals surface area contributed by atoms with Gasteiger partial charge in [0.05, 0.1) is 13.7 Å². The second-order valence-corrected chi connectivity index (χ2v) is 6.50. The summed E-state index contributed by atoms with van der Waals surface area (Å²) in [6, 6.07) is 5.66. The summed E-state index contributed by atoms with van der Waals surface area (Å²) in [6.45, 7) is 2.92. The van der Waals surface area contributed by atoms with Gasteiger partial charge in [0.25, 0.3) is 5.91 Å². The van der Waals surface area contributed by atoms with E-state index in [4.69, 9.17) is 0 Å². The van der Waals surface area contributed by atoms with Crippen LogP contribution in [0.1, 0.15) is 52.0 Å². The maximum absolute atomic E-state index is 13.4. The number of ether oxygens (including phenoxy) is 1. The summed E-state index contributed by atoms with van der Waals surface area (Å²) in [5.41, 5.74) is 0.537. The number of esters is 1. The van der Waals surface area contributed by atoms with Crippen molar-refractivity contribution in [1.29, 1.82) is 0 Å². The van der Waals surface area contributed by atoms with Gasteiger partial charge in [0.1, 0.15) is 10.8 Å². The zero-order valence-corrected chi connectivity index (χ0v) is 15.1. The number of hydrogen-bond acceptors (Lipinski definition) is 5. The summed E-state index contributed by atoms with van der Waals surface area (Å²) in [5, 5.41) is 2.25. The number of thiazole rings is 1. The molecule has 0 N–H and O–H groups in total. The van der Waals surface area contributed by atoms with Gasteiger partial charge in [-0.25, -0.2) is 14.2 Å². The molecule has 1 heterocycles. The lowest BCUT2D eigenvalue weighted by Gasteiger charge is -2.21. The number of carbonyl (C=O) groups excluding carboxylic acids is 2. The Balaban J connectivity index is 2.16. The van der Waals surface area contributed by atoms with Crippen molar-refractivity contribution in [2.24, 2.45) is 0 Å². The third kappa shape index (κ3) is 5.35. The SMILES string of the molecule is CCCCCN(Cc1nc(C(=O)OC)cs1)C(=O)c1cccc(F)c1. The molecule has 0 atom stereocenters. The number of rotatable bonds is 8. The normalized spacial score (nSPS) is 10.5. The molecular formula is C18H21FN2O3S. The van der Waals surface area contributed by atoms with E-state index < -0.39 is 11.8 Å². The van der Waals surface area contributed by atoms with Gasteiger partial charge in [-0.1, -0.05) is 25.8 Å². The van der Waals surface area contributed by atoms with E-state index in [0.717, 1.165) is 19.3 Å². The minimum atomic E-state index is -0.503. The third-order valence-electron chi connectivity index (χ3n) is 3.66. The van der Waals surface area contributed by atoms with E-state index in [2.05, 4.69) is 16.6 Å². The van der Waals surface area contributed by atoms with E-state index in [1.54, 1.807) is 16.3 Å². The van der Waals surface area contributed by atoms with E-state index in [1.165, 1.54) is 36.6 Å². The quantitative estimate of drug-likeness (QED) is 0.526. The first-order valence-corrected chi connectivity index (χ1v) is 9.00. The van der Waals surface area contributed by atoms with Crippen LogP contribution >= 0.6 is 11.3 Å². The molecule has 0 bridgehead atoms. The molecule has 0 fully saturated rings. The third-order valence-corrected chi connectivity index (χ3v) is 4.50. The summed E-state index contributed by atoms with van der Waals surface area (Å²) in [4.78, 5) is 30.1. The molecule has 0 radical (unpaired) electrons. The molecule has 1 aromatic heterocycles. The van der Waals surface area contributed by atoms with Crippen LogP contribution in [-0.2, 0) is 11.3 Å². The highest BCUT2D eigenvalue weighted by molar-refractivity contribution is 7.09. The molecule has 0 aliphatic carbocycles. The Hall–Kier alpha value is -2.28. The van der Waals surface area contributed by atoms with Crippen molar-refractivity contribution in [3.05, 3.63) is 51.7 Å². The smallest absolute Gasteiger partial charge is 0.357 e. The van der Waals surface area contributed by atoms with Crippen LogP contribution in [0.25, 0.3) is 0 Å². The van der Waals surface area contributed by atoms with Crippen molar-refractivity contribution in [2.75, 3.05) is 13.7 Å². The topological polar surface area (TPSA) is 59.5 Å². The van der Waals surface area contributed by atoms with Gasteiger partial charge in [-0.15, -0.1) is 11.3 Å². The summed E-state index contributed by atoms with van der Waals surface area (Å²) in [6.07, 6.45) is 2.89. The number of carbonyl (C=O) groups is 2. The van der Waals surface area contributed by atoms with Gasteiger partial charge in [0, 0.05) is 17.5 Å². The summed E-state index contributed by atoms with van der Waals surface area (Å²) >= 11 is 1.30. The van der Waals surface area contributed by atoms with Crippen molar-refractivity contribution < 1.29 is 18.7 Å². The predicted molar refractivity (Wildman–Crippen MR) is 94.1 cm³/mol. The minimum absolute atomic E-state index is 0.231. The molecule has 0 unspecified atom stereocenters. The molecular weight excluding hydrogens is 343 g/mol. The predicted octanol–water partition coefficient (Wildman–Crippen LogP) is 3.90. The molecule has 0 aliphatic rings. The molecule has 2 rings (SSSR count). The lowest BCUT2D eigenvalue weighted by molar-refractivity contribution is 0.0594. The van der Waals surface area contributed by atoms with Crippen LogP contribution in [0.4, 0.5) is 4.39 Å². The van der Waals surface area contributed by atoms with E-state index >= 15 is 0 Å². The van der Waals surface area contributed by atoms with Crippen molar-refractivity contribution in [3.63, 3.8) is 0 Å². The van der Waals surface area contributed by atoms with Gasteiger partial charge < -0.3 is 9.64 Å². The van der Waals surface area contributed by atoms with Crippen LogP contribution in [-0.4, -0.2) is 35.4 Å². The van der Waals surface area contributed by atoms with Crippen molar-refractivity contribution in [2.45, 2.75) is 32.7 Å². The monoisotopic (exact) mass is 364 g/mol. The molecule has 0 saturated heterocycles. The Morgan fingerprint density at radius 1 is 1.32 bits per heavy atom. The number of amides is 1. The lowest BCUT2D eigenvalue weighted by atomic mass is 10.1. The first-order chi connectivity index (χ1) is 12.0. The maximum atomic E-state index is 13.4. The molecule has 1 aromatic carbocycles. The van der Waals surface area contributed by atoms with Gasteiger partial charge >= 0.3 is 5.97 Å². The van der Waals surface area contributed by atoms with E-state index in [9.17, 15) is 14.0 Å². The van der Waals surface area contributed by atoms with Crippen LogP contribution in [0.5, 0.6) is 0 Å². The highest BCUT2D eigenvalue weighted by Gasteiger charge is 2.19. The molecule has 7 heteroatoms. The molecule has 0 aliphatic heterocycles. The van der Waals surface area contributed by atoms with Gasteiger partial charge in [-0.3, -0.25) is 4.79 Å². The molecule has 25 heavy (non-hydrogen) atoms. The van der Waals surface area contributed by atoms with Crippen LogP contribution in [0, 0.1) is 5.82 Å². The summed E-state index contributed by atoms with van der Waals surface area (Å²) in [5.74, 6) is -1.19. The fraction of sp³-hybridized carbons (Fsp3) is 0.389. The first kappa shape index (κ1) is 19.1. The van der Waals surface area contributed by atoms with Crippen molar-refractivity contribution in [1.82, 2.24) is 9.88 Å². The van der Waals surface area contributed by atoms with Crippen LogP contribution < -0.4 is 0 Å². The fourth-order valence-corrected chi connectivity index (χ4v) is 3.13. The van der Waals surface area contributed by atoms with E-state index in [-0.39, 0.29) is 18.1 Å². The molecule has 134 valence electrons. The molecule has 1 amide bonds. The summed E-state index contributed by atoms with van der Waals surface area (Å²) in [7, 11) is 1.30. The molecule has 5 nitrogen and oxygen atoms in total. The average Bonchev–Trinajstić information content (AvgIpc) is 3.08. The molecule has 0 spiro atoms. The Kier molecular flexibility index (Phi) is 7.06. The average molecular weight is 364 g/mol. The fourth-order valence-electron chi connectivity index (χ4n) is 2.35. The highest BCUT2D eigenvalue weighted by atomic mass is 32.1. The van der Waals surface area contributed by atoms with Crippen molar-refractivity contribution >= 4 is 23.2 Å². The Morgan fingerprint density at radius 3 is 2.80 bits per heavy atom. The van der Waals surface area contributed by atoms with E-state index in [0.29, 0.717) is 17.1 Å². The van der Waals surface area contributed by atoms with E-state index in [1.807, 2.05) is 0 Å². The summed E-state index contributed by atoms with van der Waals surface area (Å²) < 4.78 is 18.1. The Morgan fingerprint density at radius 2 is 2.12 bits per heavy atom. The van der Waals surface area contributed by atoms with Crippen molar-refractivity contribution in [3.8, 4) is 0 Å². The number of unbranched alkanes of at least 4 members (excludes halogenated alkanes) is 2. The standard InChI is InChI=1S/C18H21FN2O3S/c1-3-4-5-9-21(17(22)13-7-6-8-14(19)10-13)11-16-20-15(12-25-16)18(23)24-2/h6-8,10,12H,3-5,9,11H2,1-2H3. The Labute approximate surface area is 150 Å². The van der Waals surface area contributed by atoms with Crippen LogP contribution in [0.15, 0.2) is 29.6 Å². The largest absolute Gasteiger partial charge is 0.464 e. The number of aromatic nitrogens is 1. The number of hydrogen-bond donors (Lipinski definition) is 0. The zero-order valence-electron chi connectivity index (χ0n) is 14.3. The molecule has 2 aromatic rings. The maximum Gasteiger partial charge on any atom is 0.357 e. The zero-order chi connectivity index (χ0) is 18.2. The van der Waals surface area contributed by atoms with Crippen LogP contribution in [0.3, 0.4) is 0 Å². The molecule has 0 saturated carbocycles. The number of halogens is 1. The second kappa shape index (κ2) is 9.27. The highest BCUT2D eigenvalue weighted by Crippen LogP contribution is 2.16. The van der Waals surface area contributed by atoms with Gasteiger partial charge in [0.2, 0.25) is 0 Å². The lowest BCUT2D eigenvalue weighted by Crippen LogP contribution is -2.31. The van der Waals surface area contributed by atoms with Gasteiger partial charge in [0.15, 0.2) is 5.69 Å². The number of benzene rings is 1. The van der Waals surface area contributed by atoms with Gasteiger partial charge in [-0.05, 0) is 24.6 Å².